The fraction of sp³-hybridized carbons (Fsp3) is 0.240. The van der Waals surface area contributed by atoms with E-state index < -0.39 is 0 Å². The fourth-order valence-electron chi connectivity index (χ4n) is 4.07. The van der Waals surface area contributed by atoms with Crippen LogP contribution in [0.4, 0.5) is 5.69 Å². The molecule has 7 heteroatoms. The molecule has 0 radical (unpaired) electrons. The predicted octanol–water partition coefficient (Wildman–Crippen LogP) is 3.68. The van der Waals surface area contributed by atoms with Gasteiger partial charge in [-0.1, -0.05) is 35.9 Å². The van der Waals surface area contributed by atoms with Crippen LogP contribution in [0.3, 0.4) is 0 Å². The Morgan fingerprint density at radius 2 is 1.81 bits per heavy atom. The summed E-state index contributed by atoms with van der Waals surface area (Å²) in [5.74, 6) is 0.789. The number of benzene rings is 2. The second-order valence-electron chi connectivity index (χ2n) is 7.98. The smallest absolute Gasteiger partial charge is 0.274 e. The molecule has 3 heterocycles. The van der Waals surface area contributed by atoms with Crippen molar-refractivity contribution in [1.82, 2.24) is 19.3 Å². The van der Waals surface area contributed by atoms with Crippen LogP contribution in [0.25, 0.3) is 16.9 Å². The summed E-state index contributed by atoms with van der Waals surface area (Å²) in [6.07, 6.45) is 5.37. The molecule has 1 aliphatic heterocycles. The molecule has 0 saturated carbocycles. The summed E-state index contributed by atoms with van der Waals surface area (Å²) in [5, 5.41) is 0. The van der Waals surface area contributed by atoms with Crippen molar-refractivity contribution < 1.29 is 9.53 Å². The summed E-state index contributed by atoms with van der Waals surface area (Å²) in [4.78, 5) is 26.5. The molecule has 1 saturated heterocycles. The van der Waals surface area contributed by atoms with Crippen molar-refractivity contribution >= 4 is 17.2 Å². The quantitative estimate of drug-likeness (QED) is 0.497. The molecule has 1 aliphatic rings. The molecule has 0 atom stereocenters. The number of carbonyl (C=O) groups excluding carboxylic acids is 1. The number of nitrogens with zero attached hydrogens (tertiary/aromatic N) is 5. The second-order valence-corrected chi connectivity index (χ2v) is 7.98. The van der Waals surface area contributed by atoms with Crippen LogP contribution in [-0.4, -0.2) is 58.5 Å². The maximum Gasteiger partial charge on any atom is 0.274 e. The number of ether oxygens (including phenoxy) is 1. The van der Waals surface area contributed by atoms with E-state index in [-0.39, 0.29) is 5.91 Å². The lowest BCUT2D eigenvalue weighted by atomic mass is 10.1. The minimum absolute atomic E-state index is 0.0474. The molecule has 32 heavy (non-hydrogen) atoms. The zero-order valence-electron chi connectivity index (χ0n) is 18.2. The van der Waals surface area contributed by atoms with Crippen LogP contribution >= 0.6 is 0 Å². The summed E-state index contributed by atoms with van der Waals surface area (Å²) in [6.45, 7) is 4.88. The third kappa shape index (κ3) is 3.77. The van der Waals surface area contributed by atoms with E-state index in [1.165, 1.54) is 5.56 Å². The van der Waals surface area contributed by atoms with Gasteiger partial charge in [-0.25, -0.2) is 4.98 Å². The van der Waals surface area contributed by atoms with Crippen LogP contribution < -0.4 is 9.64 Å². The molecule has 7 nitrogen and oxygen atoms in total. The highest BCUT2D eigenvalue weighted by Crippen LogP contribution is 2.24. The second kappa shape index (κ2) is 8.34. The Kier molecular flexibility index (Phi) is 5.23. The molecular weight excluding hydrogens is 402 g/mol. The Morgan fingerprint density at radius 3 is 2.56 bits per heavy atom. The van der Waals surface area contributed by atoms with Crippen molar-refractivity contribution in [3.63, 3.8) is 0 Å². The molecule has 1 fully saturated rings. The van der Waals surface area contributed by atoms with Gasteiger partial charge in [0.05, 0.1) is 7.11 Å². The lowest BCUT2D eigenvalue weighted by Crippen LogP contribution is -2.48. The van der Waals surface area contributed by atoms with Gasteiger partial charge in [-0.3, -0.25) is 9.78 Å². The largest absolute Gasteiger partial charge is 0.497 e. The first-order valence-corrected chi connectivity index (χ1v) is 10.7. The van der Waals surface area contributed by atoms with Crippen LogP contribution in [0, 0.1) is 6.92 Å². The number of carbonyl (C=O) groups is 1. The molecule has 0 unspecified atom stereocenters. The highest BCUT2D eigenvalue weighted by molar-refractivity contribution is 5.94. The van der Waals surface area contributed by atoms with Gasteiger partial charge in [0.25, 0.3) is 5.91 Å². The average Bonchev–Trinajstić information content (AvgIpc) is 3.29. The summed E-state index contributed by atoms with van der Waals surface area (Å²) >= 11 is 0. The molecular formula is C25H25N5O2. The van der Waals surface area contributed by atoms with E-state index in [9.17, 15) is 4.79 Å². The molecule has 1 amide bonds. The zero-order valence-corrected chi connectivity index (χ0v) is 18.2. The number of amides is 1. The van der Waals surface area contributed by atoms with E-state index in [0.29, 0.717) is 24.4 Å². The van der Waals surface area contributed by atoms with Gasteiger partial charge in [0.15, 0.2) is 5.65 Å². The van der Waals surface area contributed by atoms with E-state index >= 15 is 0 Å². The number of aryl methyl sites for hydroxylation is 1. The molecule has 0 aliphatic carbocycles. The number of methoxy groups -OCH3 is 1. The normalized spacial score (nSPS) is 14.1. The maximum atomic E-state index is 13.2. The molecule has 4 aromatic rings. The van der Waals surface area contributed by atoms with Crippen LogP contribution in [-0.2, 0) is 0 Å². The number of hydrogen-bond acceptors (Lipinski definition) is 5. The van der Waals surface area contributed by atoms with Crippen molar-refractivity contribution in [2.24, 2.45) is 0 Å². The third-order valence-electron chi connectivity index (χ3n) is 5.90. The lowest BCUT2D eigenvalue weighted by Gasteiger charge is -2.35. The SMILES string of the molecule is COc1cccc(N2CCN(C(=O)c3cn4ccnc(-c5ccc(C)cc5)c4n3)CC2)c1. The number of rotatable bonds is 4. The molecule has 162 valence electrons. The molecule has 0 N–H and O–H groups in total. The first kappa shape index (κ1) is 20.1. The Morgan fingerprint density at radius 1 is 1.03 bits per heavy atom. The first-order valence-electron chi connectivity index (χ1n) is 10.7. The number of imidazole rings is 1. The van der Waals surface area contributed by atoms with E-state index in [2.05, 4.69) is 40.0 Å². The van der Waals surface area contributed by atoms with Crippen LogP contribution in [0.15, 0.2) is 67.1 Å². The summed E-state index contributed by atoms with van der Waals surface area (Å²) < 4.78 is 7.21. The average molecular weight is 428 g/mol. The van der Waals surface area contributed by atoms with Crippen molar-refractivity contribution in [3.05, 3.63) is 78.4 Å². The number of piperazine rings is 1. The molecule has 2 aromatic carbocycles. The lowest BCUT2D eigenvalue weighted by molar-refractivity contribution is 0.0741. The van der Waals surface area contributed by atoms with Gasteiger partial charge in [0.2, 0.25) is 0 Å². The topological polar surface area (TPSA) is 63.0 Å². The molecule has 2 aromatic heterocycles. The van der Waals surface area contributed by atoms with Gasteiger partial charge in [0.1, 0.15) is 17.1 Å². The summed E-state index contributed by atoms with van der Waals surface area (Å²) in [5.41, 5.74) is 5.19. The van der Waals surface area contributed by atoms with Crippen molar-refractivity contribution in [3.8, 4) is 17.0 Å². The van der Waals surface area contributed by atoms with Crippen LogP contribution in [0.5, 0.6) is 5.75 Å². The number of anilines is 1. The Labute approximate surface area is 186 Å². The van der Waals surface area contributed by atoms with E-state index in [4.69, 9.17) is 4.74 Å². The van der Waals surface area contributed by atoms with E-state index in [1.807, 2.05) is 45.8 Å². The number of fused-ring (bicyclic) bond motifs is 1. The molecule has 5 rings (SSSR count). The fourth-order valence-corrected chi connectivity index (χ4v) is 4.07. The van der Waals surface area contributed by atoms with Crippen molar-refractivity contribution in [2.45, 2.75) is 6.92 Å². The standard InChI is InChI=1S/C25H25N5O2/c1-18-6-8-19(9-7-18)23-24-27-22(17-30(24)11-10-26-23)25(31)29-14-12-28(13-15-29)20-4-3-5-21(16-20)32-2/h3-11,16-17H,12-15H2,1-2H3. The van der Waals surface area contributed by atoms with Crippen molar-refractivity contribution in [1.29, 1.82) is 0 Å². The summed E-state index contributed by atoms with van der Waals surface area (Å²) in [7, 11) is 1.67. The monoisotopic (exact) mass is 427 g/mol. The Hall–Kier alpha value is -3.87. The van der Waals surface area contributed by atoms with Gasteiger partial charge in [-0.2, -0.15) is 0 Å². The highest BCUT2D eigenvalue weighted by Gasteiger charge is 2.25. The Balaban J connectivity index is 1.34. The van der Waals surface area contributed by atoms with Gasteiger partial charge >= 0.3 is 0 Å². The first-order chi connectivity index (χ1) is 15.6. The van der Waals surface area contributed by atoms with E-state index in [0.717, 1.165) is 35.8 Å². The summed E-state index contributed by atoms with van der Waals surface area (Å²) in [6, 6.07) is 16.2. The number of aromatic nitrogens is 3. The maximum absolute atomic E-state index is 13.2. The van der Waals surface area contributed by atoms with Gasteiger partial charge in [0, 0.05) is 62.1 Å². The van der Waals surface area contributed by atoms with Gasteiger partial charge < -0.3 is 18.9 Å². The predicted molar refractivity (Wildman–Crippen MR) is 124 cm³/mol. The van der Waals surface area contributed by atoms with Gasteiger partial charge in [-0.05, 0) is 19.1 Å². The Bertz CT molecular complexity index is 1260. The zero-order chi connectivity index (χ0) is 22.1. The van der Waals surface area contributed by atoms with E-state index in [1.54, 1.807) is 19.5 Å². The minimum atomic E-state index is -0.0474. The third-order valence-corrected chi connectivity index (χ3v) is 5.90. The number of hydrogen-bond donors (Lipinski definition) is 0. The molecule has 0 bridgehead atoms. The molecule has 0 spiro atoms. The van der Waals surface area contributed by atoms with Crippen molar-refractivity contribution in [2.75, 3.05) is 38.2 Å². The van der Waals surface area contributed by atoms with Crippen LogP contribution in [0.1, 0.15) is 16.1 Å². The minimum Gasteiger partial charge on any atom is -0.497 e. The van der Waals surface area contributed by atoms with Gasteiger partial charge in [-0.15, -0.1) is 0 Å². The highest BCUT2D eigenvalue weighted by atomic mass is 16.5. The van der Waals surface area contributed by atoms with Crippen LogP contribution in [0.2, 0.25) is 0 Å².